The Bertz CT molecular complexity index is 979. The molecule has 8 heteroatoms. The first-order valence-electron chi connectivity index (χ1n) is 9.39. The fraction of sp³-hybridized carbons (Fsp3) is 0.333. The van der Waals surface area contributed by atoms with E-state index in [0.717, 1.165) is 22.7 Å². The van der Waals surface area contributed by atoms with E-state index < -0.39 is 16.0 Å². The molecule has 29 heavy (non-hydrogen) atoms. The molecule has 1 heterocycles. The van der Waals surface area contributed by atoms with Crippen LogP contribution in [-0.4, -0.2) is 51.9 Å². The number of amides is 1. The van der Waals surface area contributed by atoms with Gasteiger partial charge in [-0.15, -0.1) is 0 Å². The van der Waals surface area contributed by atoms with Crippen molar-refractivity contribution in [2.75, 3.05) is 31.0 Å². The predicted molar refractivity (Wildman–Crippen MR) is 109 cm³/mol. The highest BCUT2D eigenvalue weighted by molar-refractivity contribution is 7.92. The van der Waals surface area contributed by atoms with Gasteiger partial charge in [0.05, 0.1) is 16.1 Å². The summed E-state index contributed by atoms with van der Waals surface area (Å²) in [7, 11) is -2.25. The smallest absolute Gasteiger partial charge is 0.338 e. The summed E-state index contributed by atoms with van der Waals surface area (Å²) in [5.41, 5.74) is 1.64. The summed E-state index contributed by atoms with van der Waals surface area (Å²) >= 11 is 0. The number of anilines is 1. The quantitative estimate of drug-likeness (QED) is 0.676. The summed E-state index contributed by atoms with van der Waals surface area (Å²) in [6, 6.07) is 12.6. The Morgan fingerprint density at radius 3 is 2.17 bits per heavy atom. The summed E-state index contributed by atoms with van der Waals surface area (Å²) in [5, 5.41) is 0. The number of benzene rings is 2. The van der Waals surface area contributed by atoms with Gasteiger partial charge in [-0.3, -0.25) is 9.10 Å². The third kappa shape index (κ3) is 4.76. The van der Waals surface area contributed by atoms with Gasteiger partial charge in [-0.1, -0.05) is 17.7 Å². The zero-order valence-corrected chi connectivity index (χ0v) is 17.3. The van der Waals surface area contributed by atoms with Gasteiger partial charge in [0.25, 0.3) is 15.9 Å². The number of esters is 1. The van der Waals surface area contributed by atoms with E-state index >= 15 is 0 Å². The lowest BCUT2D eigenvalue weighted by molar-refractivity contribution is -0.133. The maximum absolute atomic E-state index is 12.8. The highest BCUT2D eigenvalue weighted by Crippen LogP contribution is 2.23. The minimum atomic E-state index is -3.71. The minimum absolute atomic E-state index is 0.189. The molecule has 7 nitrogen and oxygen atoms in total. The van der Waals surface area contributed by atoms with Gasteiger partial charge in [0.1, 0.15) is 0 Å². The number of hydrogen-bond acceptors (Lipinski definition) is 5. The van der Waals surface area contributed by atoms with E-state index in [2.05, 4.69) is 0 Å². The highest BCUT2D eigenvalue weighted by Gasteiger charge is 2.22. The predicted octanol–water partition coefficient (Wildman–Crippen LogP) is 2.60. The van der Waals surface area contributed by atoms with Crippen LogP contribution in [0.25, 0.3) is 0 Å². The Labute approximate surface area is 170 Å². The number of ether oxygens (including phenoxy) is 1. The molecule has 1 saturated heterocycles. The number of sulfonamides is 1. The number of carbonyl (C=O) groups excluding carboxylic acids is 2. The van der Waals surface area contributed by atoms with E-state index in [9.17, 15) is 18.0 Å². The Hall–Kier alpha value is -2.87. The number of likely N-dealkylation sites (tertiary alicyclic amines) is 1. The topological polar surface area (TPSA) is 84.0 Å². The molecule has 1 aliphatic heterocycles. The molecular weight excluding hydrogens is 392 g/mol. The monoisotopic (exact) mass is 416 g/mol. The van der Waals surface area contributed by atoms with Crippen molar-refractivity contribution in [3.63, 3.8) is 0 Å². The van der Waals surface area contributed by atoms with E-state index in [0.29, 0.717) is 18.8 Å². The molecule has 0 radical (unpaired) electrons. The Morgan fingerprint density at radius 2 is 1.59 bits per heavy atom. The van der Waals surface area contributed by atoms with E-state index in [1.807, 2.05) is 6.92 Å². The molecule has 1 aliphatic rings. The molecule has 3 rings (SSSR count). The SMILES string of the molecule is Cc1ccc(S(=O)(=O)N(C)c2ccc(C(=O)OCC(=O)N3CCCC3)cc2)cc1. The zero-order chi connectivity index (χ0) is 21.0. The van der Waals surface area contributed by atoms with Gasteiger partial charge in [-0.25, -0.2) is 13.2 Å². The molecule has 0 aromatic heterocycles. The second-order valence-corrected chi connectivity index (χ2v) is 8.97. The Morgan fingerprint density at radius 1 is 1.00 bits per heavy atom. The average molecular weight is 416 g/mol. The molecule has 0 aliphatic carbocycles. The maximum atomic E-state index is 12.8. The third-order valence-corrected chi connectivity index (χ3v) is 6.73. The van der Waals surface area contributed by atoms with Crippen LogP contribution in [0.5, 0.6) is 0 Å². The summed E-state index contributed by atoms with van der Waals surface area (Å²) in [5.74, 6) is -0.815. The van der Waals surface area contributed by atoms with Gasteiger partial charge < -0.3 is 9.64 Å². The molecule has 154 valence electrons. The Balaban J connectivity index is 1.65. The second kappa shape index (κ2) is 8.65. The fourth-order valence-electron chi connectivity index (χ4n) is 3.08. The first-order chi connectivity index (χ1) is 13.8. The number of nitrogens with zero attached hydrogens (tertiary/aromatic N) is 2. The van der Waals surface area contributed by atoms with Gasteiger partial charge in [0, 0.05) is 20.1 Å². The standard InChI is InChI=1S/C21H24N2O5S/c1-16-5-11-19(12-6-16)29(26,27)22(2)18-9-7-17(8-10-18)21(25)28-15-20(24)23-13-3-4-14-23/h5-12H,3-4,13-15H2,1-2H3. The van der Waals surface area contributed by atoms with E-state index in [1.54, 1.807) is 29.2 Å². The summed E-state index contributed by atoms with van der Waals surface area (Å²) in [4.78, 5) is 26.0. The van der Waals surface area contributed by atoms with Crippen molar-refractivity contribution in [2.45, 2.75) is 24.7 Å². The summed E-state index contributed by atoms with van der Waals surface area (Å²) in [6.07, 6.45) is 1.94. The molecule has 0 spiro atoms. The van der Waals surface area contributed by atoms with Crippen molar-refractivity contribution < 1.29 is 22.7 Å². The van der Waals surface area contributed by atoms with Crippen molar-refractivity contribution in [3.8, 4) is 0 Å². The molecular formula is C21H24N2O5S. The lowest BCUT2D eigenvalue weighted by Gasteiger charge is -2.20. The number of aryl methyl sites for hydroxylation is 1. The number of carbonyl (C=O) groups is 2. The van der Waals surface area contributed by atoms with Crippen LogP contribution in [0, 0.1) is 6.92 Å². The van der Waals surface area contributed by atoms with Crippen LogP contribution in [-0.2, 0) is 19.6 Å². The van der Waals surface area contributed by atoms with Crippen molar-refractivity contribution in [1.29, 1.82) is 0 Å². The zero-order valence-electron chi connectivity index (χ0n) is 16.5. The Kier molecular flexibility index (Phi) is 6.22. The van der Waals surface area contributed by atoms with Crippen molar-refractivity contribution in [2.24, 2.45) is 0 Å². The maximum Gasteiger partial charge on any atom is 0.338 e. The van der Waals surface area contributed by atoms with Crippen molar-refractivity contribution in [1.82, 2.24) is 4.90 Å². The van der Waals surface area contributed by atoms with Gasteiger partial charge in [-0.2, -0.15) is 0 Å². The van der Waals surface area contributed by atoms with Crippen LogP contribution < -0.4 is 4.31 Å². The van der Waals surface area contributed by atoms with Gasteiger partial charge in [-0.05, 0) is 56.2 Å². The minimum Gasteiger partial charge on any atom is -0.452 e. The molecule has 0 atom stereocenters. The lowest BCUT2D eigenvalue weighted by Crippen LogP contribution is -2.32. The van der Waals surface area contributed by atoms with E-state index in [1.165, 1.54) is 31.3 Å². The van der Waals surface area contributed by atoms with Crippen LogP contribution in [0.15, 0.2) is 53.4 Å². The van der Waals surface area contributed by atoms with Crippen LogP contribution >= 0.6 is 0 Å². The van der Waals surface area contributed by atoms with Gasteiger partial charge >= 0.3 is 5.97 Å². The molecule has 1 fully saturated rings. The van der Waals surface area contributed by atoms with Gasteiger partial charge in [0.15, 0.2) is 6.61 Å². The largest absolute Gasteiger partial charge is 0.452 e. The summed E-state index contributed by atoms with van der Waals surface area (Å²) in [6.45, 7) is 3.00. The van der Waals surface area contributed by atoms with Crippen molar-refractivity contribution >= 4 is 27.6 Å². The van der Waals surface area contributed by atoms with Crippen molar-refractivity contribution in [3.05, 3.63) is 59.7 Å². The first kappa shape index (κ1) is 20.9. The molecule has 1 amide bonds. The van der Waals surface area contributed by atoms with Crippen LogP contribution in [0.1, 0.15) is 28.8 Å². The lowest BCUT2D eigenvalue weighted by atomic mass is 10.2. The molecule has 0 unspecified atom stereocenters. The number of hydrogen-bond donors (Lipinski definition) is 0. The third-order valence-electron chi connectivity index (χ3n) is 4.93. The molecule has 0 bridgehead atoms. The van der Waals surface area contributed by atoms with E-state index in [4.69, 9.17) is 4.74 Å². The first-order valence-corrected chi connectivity index (χ1v) is 10.8. The fourth-order valence-corrected chi connectivity index (χ4v) is 4.28. The highest BCUT2D eigenvalue weighted by atomic mass is 32.2. The van der Waals surface area contributed by atoms with E-state index in [-0.39, 0.29) is 23.0 Å². The molecule has 2 aromatic carbocycles. The molecule has 0 N–H and O–H groups in total. The average Bonchev–Trinajstić information content (AvgIpc) is 3.26. The van der Waals surface area contributed by atoms with Crippen LogP contribution in [0.4, 0.5) is 5.69 Å². The number of rotatable bonds is 6. The van der Waals surface area contributed by atoms with Gasteiger partial charge in [0.2, 0.25) is 0 Å². The molecule has 0 saturated carbocycles. The normalized spacial score (nSPS) is 13.9. The second-order valence-electron chi connectivity index (χ2n) is 7.00. The van der Waals surface area contributed by atoms with Crippen LogP contribution in [0.2, 0.25) is 0 Å². The summed E-state index contributed by atoms with van der Waals surface area (Å²) < 4.78 is 31.8. The van der Waals surface area contributed by atoms with Crippen LogP contribution in [0.3, 0.4) is 0 Å². The molecule has 2 aromatic rings.